The first kappa shape index (κ1) is 18.2. The molecule has 0 bridgehead atoms. The zero-order chi connectivity index (χ0) is 18.2. The number of rotatable bonds is 5. The molecule has 2 rings (SSSR count). The van der Waals surface area contributed by atoms with Gasteiger partial charge in [-0.1, -0.05) is 23.4 Å². The van der Waals surface area contributed by atoms with Crippen LogP contribution in [0.4, 0.5) is 5.69 Å². The van der Waals surface area contributed by atoms with Crippen LogP contribution in [0.3, 0.4) is 0 Å². The number of ether oxygens (including phenoxy) is 1. The molecule has 1 aromatic heterocycles. The predicted molar refractivity (Wildman–Crippen MR) is 92.7 cm³/mol. The van der Waals surface area contributed by atoms with E-state index in [0.29, 0.717) is 5.75 Å². The van der Waals surface area contributed by atoms with Gasteiger partial charge in [0.2, 0.25) is 0 Å². The molecule has 0 fully saturated rings. The molecule has 0 saturated heterocycles. The van der Waals surface area contributed by atoms with Crippen LogP contribution in [0.1, 0.15) is 16.1 Å². The SMILES string of the molecule is Cc1ccc(OCC#CCNC(=O)c2cc([N+](=O)[O-])ccc2Cl)cn1. The summed E-state index contributed by atoms with van der Waals surface area (Å²) in [5.41, 5.74) is 0.710. The van der Waals surface area contributed by atoms with Crippen LogP contribution in [-0.2, 0) is 0 Å². The van der Waals surface area contributed by atoms with E-state index in [0.717, 1.165) is 11.8 Å². The molecule has 0 spiro atoms. The molecule has 0 radical (unpaired) electrons. The number of carbonyl (C=O) groups is 1. The predicted octanol–water partition coefficient (Wildman–Crippen LogP) is 2.76. The Kier molecular flexibility index (Phi) is 6.32. The van der Waals surface area contributed by atoms with Crippen molar-refractivity contribution in [1.29, 1.82) is 0 Å². The molecule has 1 aromatic carbocycles. The van der Waals surface area contributed by atoms with E-state index in [1.807, 2.05) is 13.0 Å². The van der Waals surface area contributed by atoms with Crippen molar-refractivity contribution >= 4 is 23.2 Å². The molecule has 25 heavy (non-hydrogen) atoms. The number of pyridine rings is 1. The fraction of sp³-hybridized carbons (Fsp3) is 0.176. The monoisotopic (exact) mass is 359 g/mol. The highest BCUT2D eigenvalue weighted by Gasteiger charge is 2.15. The molecular formula is C17H14ClN3O4. The van der Waals surface area contributed by atoms with Gasteiger partial charge in [-0.3, -0.25) is 19.9 Å². The normalized spacial score (nSPS) is 9.68. The molecule has 0 aliphatic heterocycles. The van der Waals surface area contributed by atoms with Crippen molar-refractivity contribution in [1.82, 2.24) is 10.3 Å². The Balaban J connectivity index is 1.84. The van der Waals surface area contributed by atoms with Gasteiger partial charge in [0.05, 0.1) is 28.3 Å². The van der Waals surface area contributed by atoms with E-state index < -0.39 is 10.8 Å². The fourth-order valence-electron chi connectivity index (χ4n) is 1.79. The van der Waals surface area contributed by atoms with Crippen LogP contribution in [0.15, 0.2) is 36.5 Å². The summed E-state index contributed by atoms with van der Waals surface area (Å²) in [5.74, 6) is 5.53. The summed E-state index contributed by atoms with van der Waals surface area (Å²) in [4.78, 5) is 26.2. The first-order chi connectivity index (χ1) is 12.0. The quantitative estimate of drug-likeness (QED) is 0.503. The Hall–Kier alpha value is -3.11. The van der Waals surface area contributed by atoms with Crippen LogP contribution in [-0.4, -0.2) is 29.0 Å². The van der Waals surface area contributed by atoms with Crippen molar-refractivity contribution < 1.29 is 14.5 Å². The van der Waals surface area contributed by atoms with Gasteiger partial charge in [-0.15, -0.1) is 0 Å². The lowest BCUT2D eigenvalue weighted by Crippen LogP contribution is -2.24. The summed E-state index contributed by atoms with van der Waals surface area (Å²) in [7, 11) is 0. The Morgan fingerprint density at radius 2 is 2.16 bits per heavy atom. The zero-order valence-corrected chi connectivity index (χ0v) is 14.0. The van der Waals surface area contributed by atoms with Gasteiger partial charge in [-0.05, 0) is 25.1 Å². The lowest BCUT2D eigenvalue weighted by atomic mass is 10.2. The van der Waals surface area contributed by atoms with Gasteiger partial charge >= 0.3 is 0 Å². The van der Waals surface area contributed by atoms with Crippen LogP contribution in [0, 0.1) is 28.9 Å². The van der Waals surface area contributed by atoms with Crippen LogP contribution in [0.25, 0.3) is 0 Å². The van der Waals surface area contributed by atoms with E-state index in [-0.39, 0.29) is 29.4 Å². The molecule has 128 valence electrons. The molecule has 1 N–H and O–H groups in total. The number of amides is 1. The molecule has 0 aliphatic carbocycles. The Morgan fingerprint density at radius 3 is 2.84 bits per heavy atom. The molecule has 1 amide bonds. The number of benzene rings is 1. The average Bonchev–Trinajstić information content (AvgIpc) is 2.59. The van der Waals surface area contributed by atoms with Crippen LogP contribution >= 0.6 is 11.6 Å². The molecule has 0 atom stereocenters. The largest absolute Gasteiger partial charge is 0.479 e. The number of non-ortho nitro benzene ring substituents is 1. The summed E-state index contributed by atoms with van der Waals surface area (Å²) in [6.45, 7) is 2.09. The Labute approximate surface area is 149 Å². The summed E-state index contributed by atoms with van der Waals surface area (Å²) < 4.78 is 5.37. The Morgan fingerprint density at radius 1 is 1.36 bits per heavy atom. The maximum atomic E-state index is 12.0. The highest BCUT2D eigenvalue weighted by atomic mass is 35.5. The van der Waals surface area contributed by atoms with Crippen LogP contribution in [0.5, 0.6) is 5.75 Å². The minimum Gasteiger partial charge on any atom is -0.479 e. The maximum absolute atomic E-state index is 12.0. The van der Waals surface area contributed by atoms with Gasteiger partial charge in [-0.2, -0.15) is 0 Å². The second-order valence-corrected chi connectivity index (χ2v) is 5.29. The standard InChI is InChI=1S/C17H14ClN3O4/c1-12-4-6-14(11-20-12)25-9-3-2-8-19-17(22)15-10-13(21(23)24)5-7-16(15)18/h4-7,10-11H,8-9H2,1H3,(H,19,22). The molecule has 2 aromatic rings. The molecule has 1 heterocycles. The van der Waals surface area contributed by atoms with E-state index in [2.05, 4.69) is 22.1 Å². The molecule has 0 saturated carbocycles. The minimum absolute atomic E-state index is 0.0275. The molecule has 0 aliphatic rings. The van der Waals surface area contributed by atoms with Gasteiger partial charge in [0, 0.05) is 17.8 Å². The van der Waals surface area contributed by atoms with E-state index in [4.69, 9.17) is 16.3 Å². The third-order valence-electron chi connectivity index (χ3n) is 3.06. The Bertz CT molecular complexity index is 841. The number of carbonyl (C=O) groups excluding carboxylic acids is 1. The number of nitro benzene ring substituents is 1. The number of aryl methyl sites for hydroxylation is 1. The fourth-order valence-corrected chi connectivity index (χ4v) is 2.00. The molecule has 0 unspecified atom stereocenters. The summed E-state index contributed by atoms with van der Waals surface area (Å²) >= 11 is 5.89. The van der Waals surface area contributed by atoms with Gasteiger partial charge in [0.25, 0.3) is 11.6 Å². The van der Waals surface area contributed by atoms with E-state index in [9.17, 15) is 14.9 Å². The minimum atomic E-state index is -0.593. The van der Waals surface area contributed by atoms with Crippen molar-refractivity contribution in [2.24, 2.45) is 0 Å². The topological polar surface area (TPSA) is 94.4 Å². The number of aromatic nitrogens is 1. The maximum Gasteiger partial charge on any atom is 0.270 e. The third kappa shape index (κ3) is 5.48. The van der Waals surface area contributed by atoms with Crippen molar-refractivity contribution in [3.05, 3.63) is 62.9 Å². The zero-order valence-electron chi connectivity index (χ0n) is 13.3. The van der Waals surface area contributed by atoms with Crippen LogP contribution in [0.2, 0.25) is 5.02 Å². The highest BCUT2D eigenvalue weighted by molar-refractivity contribution is 6.33. The van der Waals surface area contributed by atoms with Crippen molar-refractivity contribution in [2.45, 2.75) is 6.92 Å². The van der Waals surface area contributed by atoms with Gasteiger partial charge in [0.1, 0.15) is 12.4 Å². The van der Waals surface area contributed by atoms with Crippen molar-refractivity contribution in [3.8, 4) is 17.6 Å². The second-order valence-electron chi connectivity index (χ2n) is 4.88. The highest BCUT2D eigenvalue weighted by Crippen LogP contribution is 2.21. The lowest BCUT2D eigenvalue weighted by molar-refractivity contribution is -0.384. The van der Waals surface area contributed by atoms with E-state index >= 15 is 0 Å². The number of nitro groups is 1. The molecule has 7 nitrogen and oxygen atoms in total. The summed E-state index contributed by atoms with van der Waals surface area (Å²) in [6.07, 6.45) is 1.60. The lowest BCUT2D eigenvalue weighted by Gasteiger charge is -2.04. The summed E-state index contributed by atoms with van der Waals surface area (Å²) in [5, 5.41) is 13.4. The average molecular weight is 360 g/mol. The van der Waals surface area contributed by atoms with Gasteiger partial charge in [-0.25, -0.2) is 0 Å². The van der Waals surface area contributed by atoms with Crippen LogP contribution < -0.4 is 10.1 Å². The third-order valence-corrected chi connectivity index (χ3v) is 3.39. The van der Waals surface area contributed by atoms with Gasteiger partial charge < -0.3 is 10.1 Å². The first-order valence-electron chi connectivity index (χ1n) is 7.20. The van der Waals surface area contributed by atoms with Crippen molar-refractivity contribution in [3.63, 3.8) is 0 Å². The number of halogens is 1. The smallest absolute Gasteiger partial charge is 0.270 e. The van der Waals surface area contributed by atoms with Crippen molar-refractivity contribution in [2.75, 3.05) is 13.2 Å². The number of nitrogens with one attached hydrogen (secondary N) is 1. The number of nitrogens with zero attached hydrogens (tertiary/aromatic N) is 2. The summed E-state index contributed by atoms with van der Waals surface area (Å²) in [6, 6.07) is 7.28. The number of hydrogen-bond donors (Lipinski definition) is 1. The number of hydrogen-bond acceptors (Lipinski definition) is 5. The van der Waals surface area contributed by atoms with E-state index in [1.165, 1.54) is 12.1 Å². The first-order valence-corrected chi connectivity index (χ1v) is 7.58. The van der Waals surface area contributed by atoms with E-state index in [1.54, 1.807) is 12.3 Å². The second kappa shape index (κ2) is 8.66. The van der Waals surface area contributed by atoms with Gasteiger partial charge in [0.15, 0.2) is 0 Å². The molecular weight excluding hydrogens is 346 g/mol. The molecule has 8 heteroatoms.